The van der Waals surface area contributed by atoms with E-state index in [0.29, 0.717) is 12.0 Å². The van der Waals surface area contributed by atoms with Gasteiger partial charge in [0, 0.05) is 24.7 Å². The maximum Gasteiger partial charge on any atom is 0.222 e. The van der Waals surface area contributed by atoms with Gasteiger partial charge >= 0.3 is 0 Å². The van der Waals surface area contributed by atoms with Gasteiger partial charge in [-0.1, -0.05) is 18.2 Å². The van der Waals surface area contributed by atoms with Crippen LogP contribution in [0, 0.1) is 13.8 Å². The summed E-state index contributed by atoms with van der Waals surface area (Å²) in [4.78, 5) is 8.63. The molecule has 0 aliphatic carbocycles. The van der Waals surface area contributed by atoms with Gasteiger partial charge in [-0.2, -0.15) is 4.98 Å². The van der Waals surface area contributed by atoms with E-state index in [1.54, 1.807) is 0 Å². The third-order valence-corrected chi connectivity index (χ3v) is 3.76. The molecule has 0 spiro atoms. The van der Waals surface area contributed by atoms with Crippen molar-refractivity contribution >= 4 is 11.8 Å². The summed E-state index contributed by atoms with van der Waals surface area (Å²) in [6, 6.07) is 8.60. The van der Waals surface area contributed by atoms with Crippen molar-refractivity contribution < 1.29 is 0 Å². The van der Waals surface area contributed by atoms with Crippen molar-refractivity contribution in [3.63, 3.8) is 0 Å². The van der Waals surface area contributed by atoms with Gasteiger partial charge in [-0.05, 0) is 25.0 Å². The van der Waals surface area contributed by atoms with Gasteiger partial charge in [0.05, 0.1) is 11.7 Å². The summed E-state index contributed by atoms with van der Waals surface area (Å²) in [5.74, 6) is 1.10. The average molecular weight is 269 g/mol. The minimum Gasteiger partial charge on any atom is -0.368 e. The minimum atomic E-state index is 0.304. The lowest BCUT2D eigenvalue weighted by atomic mass is 10.0. The number of aromatic nitrogens is 2. The maximum absolute atomic E-state index is 5.84. The lowest BCUT2D eigenvalue weighted by molar-refractivity contribution is 0.471. The van der Waals surface area contributed by atoms with E-state index < -0.39 is 0 Å². The SMILES string of the molecule is Cc1cccc(-c2cc(NC3CNC3)nc(N)n2)c1C. The first-order valence-corrected chi connectivity index (χ1v) is 6.82. The van der Waals surface area contributed by atoms with Crippen LogP contribution < -0.4 is 16.4 Å². The van der Waals surface area contributed by atoms with Gasteiger partial charge in [-0.25, -0.2) is 4.98 Å². The third-order valence-electron chi connectivity index (χ3n) is 3.76. The monoisotopic (exact) mass is 269 g/mol. The molecule has 104 valence electrons. The summed E-state index contributed by atoms with van der Waals surface area (Å²) in [5, 5.41) is 6.59. The summed E-state index contributed by atoms with van der Waals surface area (Å²) in [6.07, 6.45) is 0. The number of nitrogens with zero attached hydrogens (tertiary/aromatic N) is 2. The highest BCUT2D eigenvalue weighted by Crippen LogP contribution is 2.26. The molecule has 0 amide bonds. The Kier molecular flexibility index (Phi) is 3.28. The van der Waals surface area contributed by atoms with Gasteiger partial charge in [-0.15, -0.1) is 0 Å². The number of nitrogens with two attached hydrogens (primary N) is 1. The molecule has 0 bridgehead atoms. The molecule has 5 heteroatoms. The number of nitrogen functional groups attached to an aromatic ring is 1. The van der Waals surface area contributed by atoms with Crippen LogP contribution >= 0.6 is 0 Å². The summed E-state index contributed by atoms with van der Waals surface area (Å²) >= 11 is 0. The molecule has 0 saturated carbocycles. The van der Waals surface area contributed by atoms with E-state index in [1.807, 2.05) is 12.1 Å². The molecule has 1 aliphatic rings. The second kappa shape index (κ2) is 5.09. The molecule has 2 heterocycles. The first kappa shape index (κ1) is 12.9. The molecule has 4 N–H and O–H groups in total. The van der Waals surface area contributed by atoms with Crippen LogP contribution in [0.2, 0.25) is 0 Å². The van der Waals surface area contributed by atoms with E-state index in [1.165, 1.54) is 11.1 Å². The molecule has 20 heavy (non-hydrogen) atoms. The van der Waals surface area contributed by atoms with E-state index in [0.717, 1.165) is 30.2 Å². The molecule has 0 radical (unpaired) electrons. The fourth-order valence-corrected chi connectivity index (χ4v) is 2.31. The normalized spacial score (nSPS) is 14.9. The van der Waals surface area contributed by atoms with Gasteiger partial charge in [0.25, 0.3) is 0 Å². The topological polar surface area (TPSA) is 75.9 Å². The second-order valence-corrected chi connectivity index (χ2v) is 5.24. The Morgan fingerprint density at radius 2 is 2.05 bits per heavy atom. The number of nitrogens with one attached hydrogen (secondary N) is 2. The molecule has 1 aliphatic heterocycles. The first-order valence-electron chi connectivity index (χ1n) is 6.82. The smallest absolute Gasteiger partial charge is 0.222 e. The van der Waals surface area contributed by atoms with Crippen LogP contribution in [-0.4, -0.2) is 29.1 Å². The fraction of sp³-hybridized carbons (Fsp3) is 0.333. The van der Waals surface area contributed by atoms with Crippen molar-refractivity contribution in [3.8, 4) is 11.3 Å². The molecule has 1 aromatic carbocycles. The number of rotatable bonds is 3. The van der Waals surface area contributed by atoms with Crippen molar-refractivity contribution in [2.45, 2.75) is 19.9 Å². The summed E-state index contributed by atoms with van der Waals surface area (Å²) < 4.78 is 0. The van der Waals surface area contributed by atoms with Gasteiger partial charge in [0.1, 0.15) is 5.82 Å². The Labute approximate surface area is 118 Å². The van der Waals surface area contributed by atoms with Gasteiger partial charge < -0.3 is 16.4 Å². The Bertz CT molecular complexity index is 634. The highest BCUT2D eigenvalue weighted by atomic mass is 15.2. The Morgan fingerprint density at radius 1 is 1.25 bits per heavy atom. The largest absolute Gasteiger partial charge is 0.368 e. The van der Waals surface area contributed by atoms with E-state index in [9.17, 15) is 0 Å². The van der Waals surface area contributed by atoms with Crippen LogP contribution in [0.4, 0.5) is 11.8 Å². The zero-order valence-electron chi connectivity index (χ0n) is 11.8. The summed E-state index contributed by atoms with van der Waals surface area (Å²) in [7, 11) is 0. The Morgan fingerprint density at radius 3 is 2.75 bits per heavy atom. The molecule has 1 aromatic heterocycles. The molecular weight excluding hydrogens is 250 g/mol. The number of benzene rings is 1. The predicted molar refractivity (Wildman–Crippen MR) is 81.6 cm³/mol. The second-order valence-electron chi connectivity index (χ2n) is 5.24. The standard InChI is InChI=1S/C15H19N5/c1-9-4-3-5-12(10(9)2)13-6-14(20-15(16)19-13)18-11-7-17-8-11/h3-6,11,17H,7-8H2,1-2H3,(H3,16,18,19,20). The average Bonchev–Trinajstić information content (AvgIpc) is 2.36. The van der Waals surface area contributed by atoms with E-state index >= 15 is 0 Å². The third kappa shape index (κ3) is 2.44. The molecule has 1 saturated heterocycles. The minimum absolute atomic E-state index is 0.304. The van der Waals surface area contributed by atoms with Crippen molar-refractivity contribution in [1.82, 2.24) is 15.3 Å². The lowest BCUT2D eigenvalue weighted by Crippen LogP contribution is -2.51. The molecule has 1 fully saturated rings. The van der Waals surface area contributed by atoms with Gasteiger partial charge in [0.15, 0.2) is 0 Å². The molecule has 5 nitrogen and oxygen atoms in total. The Balaban J connectivity index is 1.98. The van der Waals surface area contributed by atoms with E-state index in [-0.39, 0.29) is 0 Å². The van der Waals surface area contributed by atoms with Crippen LogP contribution in [0.1, 0.15) is 11.1 Å². The fourth-order valence-electron chi connectivity index (χ4n) is 2.31. The van der Waals surface area contributed by atoms with Crippen LogP contribution in [0.5, 0.6) is 0 Å². The molecule has 0 unspecified atom stereocenters. The number of hydrogen-bond acceptors (Lipinski definition) is 5. The zero-order chi connectivity index (χ0) is 14.1. The Hall–Kier alpha value is -2.14. The van der Waals surface area contributed by atoms with E-state index in [4.69, 9.17) is 5.73 Å². The molecular formula is C15H19N5. The van der Waals surface area contributed by atoms with Crippen LogP contribution in [0.3, 0.4) is 0 Å². The van der Waals surface area contributed by atoms with Crippen molar-refractivity contribution in [3.05, 3.63) is 35.4 Å². The quantitative estimate of drug-likeness (QED) is 0.791. The van der Waals surface area contributed by atoms with E-state index in [2.05, 4.69) is 46.6 Å². The highest BCUT2D eigenvalue weighted by molar-refractivity contribution is 5.68. The van der Waals surface area contributed by atoms with Gasteiger partial charge in [0.2, 0.25) is 5.95 Å². The van der Waals surface area contributed by atoms with Crippen molar-refractivity contribution in [1.29, 1.82) is 0 Å². The number of hydrogen-bond donors (Lipinski definition) is 3. The number of anilines is 2. The maximum atomic E-state index is 5.84. The van der Waals surface area contributed by atoms with Gasteiger partial charge in [-0.3, -0.25) is 0 Å². The molecule has 0 atom stereocenters. The summed E-state index contributed by atoms with van der Waals surface area (Å²) in [6.45, 7) is 6.12. The first-order chi connectivity index (χ1) is 9.63. The van der Waals surface area contributed by atoms with Crippen LogP contribution in [-0.2, 0) is 0 Å². The number of aryl methyl sites for hydroxylation is 1. The summed E-state index contributed by atoms with van der Waals surface area (Å²) in [5.41, 5.74) is 10.3. The lowest BCUT2D eigenvalue weighted by Gasteiger charge is -2.28. The van der Waals surface area contributed by atoms with Crippen molar-refractivity contribution in [2.75, 3.05) is 24.1 Å². The highest BCUT2D eigenvalue weighted by Gasteiger charge is 2.17. The predicted octanol–water partition coefficient (Wildman–Crippen LogP) is 1.73. The van der Waals surface area contributed by atoms with Crippen LogP contribution in [0.25, 0.3) is 11.3 Å². The molecule has 2 aromatic rings. The zero-order valence-corrected chi connectivity index (χ0v) is 11.8. The molecule has 3 rings (SSSR count). The van der Waals surface area contributed by atoms with Crippen molar-refractivity contribution in [2.24, 2.45) is 0 Å². The van der Waals surface area contributed by atoms with Crippen LogP contribution in [0.15, 0.2) is 24.3 Å².